The van der Waals surface area contributed by atoms with Crippen molar-refractivity contribution in [1.29, 1.82) is 0 Å². The van der Waals surface area contributed by atoms with Gasteiger partial charge in [-0.3, -0.25) is 4.79 Å². The van der Waals surface area contributed by atoms with Gasteiger partial charge in [-0.05, 0) is 66.6 Å². The number of aromatic nitrogens is 2. The van der Waals surface area contributed by atoms with Crippen LogP contribution >= 0.6 is 0 Å². The molecule has 4 aromatic rings. The molecule has 5 heteroatoms. The molecule has 1 heterocycles. The van der Waals surface area contributed by atoms with Crippen molar-refractivity contribution in [2.45, 2.75) is 64.8 Å². The molecule has 5 nitrogen and oxygen atoms in total. The summed E-state index contributed by atoms with van der Waals surface area (Å²) in [5, 5.41) is 3.01. The maximum Gasteiger partial charge on any atom is 0.251 e. The molecule has 194 valence electrons. The molecule has 1 N–H and O–H groups in total. The number of carbonyl (C=O) groups is 1. The van der Waals surface area contributed by atoms with Crippen molar-refractivity contribution < 1.29 is 9.53 Å². The monoisotopic (exact) mass is 497 g/mol. The summed E-state index contributed by atoms with van der Waals surface area (Å²) in [6, 6.07) is 26.2. The number of nitrogens with one attached hydrogen (secondary N) is 1. The average molecular weight is 498 g/mol. The summed E-state index contributed by atoms with van der Waals surface area (Å²) in [4.78, 5) is 17.1. The molecular weight excluding hydrogens is 458 g/mol. The lowest BCUT2D eigenvalue weighted by molar-refractivity contribution is 0.0953. The molecule has 1 aromatic heterocycles. The highest BCUT2D eigenvalue weighted by Crippen LogP contribution is 2.24. The maximum absolute atomic E-state index is 12.2. The van der Waals surface area contributed by atoms with E-state index < -0.39 is 0 Å². The van der Waals surface area contributed by atoms with Crippen molar-refractivity contribution in [3.8, 4) is 5.75 Å². The SMILES string of the molecule is CC(C)(C)c1ccc(OCCCn2c(CCCCCNC(=O)c3ccccc3)nc3ccccc32)cc1. The van der Waals surface area contributed by atoms with Crippen LogP contribution in [0.1, 0.15) is 68.2 Å². The number of unbranched alkanes of at least 4 members (excludes halogenated alkanes) is 2. The Kier molecular flexibility index (Phi) is 8.99. The van der Waals surface area contributed by atoms with E-state index in [0.29, 0.717) is 18.7 Å². The first-order valence-electron chi connectivity index (χ1n) is 13.4. The van der Waals surface area contributed by atoms with Crippen LogP contribution < -0.4 is 10.1 Å². The molecule has 0 unspecified atom stereocenters. The highest BCUT2D eigenvalue weighted by molar-refractivity contribution is 5.94. The number of para-hydroxylation sites is 2. The van der Waals surface area contributed by atoms with Gasteiger partial charge in [0.15, 0.2) is 0 Å². The fourth-order valence-corrected chi connectivity index (χ4v) is 4.51. The van der Waals surface area contributed by atoms with Gasteiger partial charge in [0.25, 0.3) is 5.91 Å². The molecule has 0 radical (unpaired) electrons. The normalized spacial score (nSPS) is 11.5. The van der Waals surface area contributed by atoms with Crippen LogP contribution in [-0.2, 0) is 18.4 Å². The third kappa shape index (κ3) is 7.45. The van der Waals surface area contributed by atoms with E-state index >= 15 is 0 Å². The number of amides is 1. The van der Waals surface area contributed by atoms with Gasteiger partial charge >= 0.3 is 0 Å². The van der Waals surface area contributed by atoms with Gasteiger partial charge in [-0.2, -0.15) is 0 Å². The van der Waals surface area contributed by atoms with Crippen LogP contribution in [-0.4, -0.2) is 28.6 Å². The van der Waals surface area contributed by atoms with Crippen LogP contribution in [0, 0.1) is 0 Å². The van der Waals surface area contributed by atoms with Gasteiger partial charge < -0.3 is 14.6 Å². The first-order chi connectivity index (χ1) is 17.9. The lowest BCUT2D eigenvalue weighted by Crippen LogP contribution is -2.24. The zero-order chi connectivity index (χ0) is 26.1. The van der Waals surface area contributed by atoms with Crippen LogP contribution in [0.4, 0.5) is 0 Å². The quantitative estimate of drug-likeness (QED) is 0.216. The van der Waals surface area contributed by atoms with Crippen molar-refractivity contribution >= 4 is 16.9 Å². The van der Waals surface area contributed by atoms with Crippen molar-refractivity contribution in [2.24, 2.45) is 0 Å². The number of nitrogens with zero attached hydrogens (tertiary/aromatic N) is 2. The molecule has 0 atom stereocenters. The minimum absolute atomic E-state index is 0.00485. The predicted octanol–water partition coefficient (Wildman–Crippen LogP) is 6.95. The van der Waals surface area contributed by atoms with Crippen molar-refractivity contribution in [1.82, 2.24) is 14.9 Å². The molecule has 0 saturated carbocycles. The molecule has 0 aliphatic carbocycles. The Hall–Kier alpha value is -3.60. The second-order valence-electron chi connectivity index (χ2n) is 10.6. The number of aryl methyl sites for hydroxylation is 2. The van der Waals surface area contributed by atoms with E-state index in [4.69, 9.17) is 9.72 Å². The Balaban J connectivity index is 1.24. The minimum atomic E-state index is -0.00485. The molecule has 0 fully saturated rings. The summed E-state index contributed by atoms with van der Waals surface area (Å²) in [6.07, 6.45) is 4.89. The number of fused-ring (bicyclic) bond motifs is 1. The zero-order valence-electron chi connectivity index (χ0n) is 22.4. The Morgan fingerprint density at radius 2 is 1.59 bits per heavy atom. The minimum Gasteiger partial charge on any atom is -0.494 e. The van der Waals surface area contributed by atoms with Gasteiger partial charge in [-0.25, -0.2) is 4.98 Å². The fraction of sp³-hybridized carbons (Fsp3) is 0.375. The van der Waals surface area contributed by atoms with E-state index in [-0.39, 0.29) is 11.3 Å². The van der Waals surface area contributed by atoms with Crippen molar-refractivity contribution in [2.75, 3.05) is 13.2 Å². The molecule has 0 aliphatic heterocycles. The summed E-state index contributed by atoms with van der Waals surface area (Å²) in [7, 11) is 0. The first kappa shape index (κ1) is 26.5. The number of imidazole rings is 1. The Bertz CT molecular complexity index is 1270. The Morgan fingerprint density at radius 1 is 0.865 bits per heavy atom. The maximum atomic E-state index is 12.2. The molecule has 0 bridgehead atoms. The summed E-state index contributed by atoms with van der Waals surface area (Å²) in [6.45, 7) is 8.91. The zero-order valence-corrected chi connectivity index (χ0v) is 22.4. The van der Waals surface area contributed by atoms with Crippen LogP contribution in [0.2, 0.25) is 0 Å². The molecule has 0 saturated heterocycles. The molecular formula is C32H39N3O2. The number of rotatable bonds is 12. The van der Waals surface area contributed by atoms with Gasteiger partial charge in [0.1, 0.15) is 11.6 Å². The second kappa shape index (κ2) is 12.6. The van der Waals surface area contributed by atoms with Gasteiger partial charge in [0.2, 0.25) is 0 Å². The smallest absolute Gasteiger partial charge is 0.251 e. The number of ether oxygens (including phenoxy) is 1. The molecule has 1 amide bonds. The lowest BCUT2D eigenvalue weighted by Gasteiger charge is -2.19. The topological polar surface area (TPSA) is 56.1 Å². The molecule has 0 spiro atoms. The number of carbonyl (C=O) groups excluding carboxylic acids is 1. The lowest BCUT2D eigenvalue weighted by atomic mass is 9.87. The van der Waals surface area contributed by atoms with Crippen LogP contribution in [0.25, 0.3) is 11.0 Å². The highest BCUT2D eigenvalue weighted by atomic mass is 16.5. The van der Waals surface area contributed by atoms with E-state index in [2.05, 4.69) is 73.1 Å². The van der Waals surface area contributed by atoms with Crippen LogP contribution in [0.5, 0.6) is 5.75 Å². The van der Waals surface area contributed by atoms with Gasteiger partial charge in [-0.1, -0.05) is 69.7 Å². The van der Waals surface area contributed by atoms with E-state index in [9.17, 15) is 4.79 Å². The molecule has 3 aromatic carbocycles. The van der Waals surface area contributed by atoms with Gasteiger partial charge in [0.05, 0.1) is 17.6 Å². The first-order valence-corrected chi connectivity index (χ1v) is 13.4. The van der Waals surface area contributed by atoms with Crippen molar-refractivity contribution in [3.05, 3.63) is 95.8 Å². The van der Waals surface area contributed by atoms with E-state index in [0.717, 1.165) is 55.7 Å². The number of hydrogen-bond donors (Lipinski definition) is 1. The molecule has 4 rings (SSSR count). The fourth-order valence-electron chi connectivity index (χ4n) is 4.51. The van der Waals surface area contributed by atoms with E-state index in [1.54, 1.807) is 0 Å². The third-order valence-corrected chi connectivity index (χ3v) is 6.65. The third-order valence-electron chi connectivity index (χ3n) is 6.65. The van der Waals surface area contributed by atoms with Crippen molar-refractivity contribution in [3.63, 3.8) is 0 Å². The molecule has 0 aliphatic rings. The van der Waals surface area contributed by atoms with Crippen LogP contribution in [0.3, 0.4) is 0 Å². The summed E-state index contributed by atoms with van der Waals surface area (Å²) in [5.74, 6) is 2.04. The average Bonchev–Trinajstić information content (AvgIpc) is 3.26. The van der Waals surface area contributed by atoms with Gasteiger partial charge in [0, 0.05) is 25.1 Å². The summed E-state index contributed by atoms with van der Waals surface area (Å²) >= 11 is 0. The Labute approximate surface area is 220 Å². The standard InChI is InChI=1S/C32H39N3O2/c1-32(2,3)26-18-20-27(21-19-26)37-24-12-23-35-29-16-10-9-15-28(29)34-30(35)17-8-5-11-22-33-31(36)25-13-6-4-7-14-25/h4,6-7,9-10,13-16,18-21H,5,8,11-12,17,22-24H2,1-3H3,(H,33,36). The molecule has 37 heavy (non-hydrogen) atoms. The largest absolute Gasteiger partial charge is 0.494 e. The predicted molar refractivity (Wildman–Crippen MR) is 151 cm³/mol. The summed E-state index contributed by atoms with van der Waals surface area (Å²) < 4.78 is 8.38. The van der Waals surface area contributed by atoms with E-state index in [1.165, 1.54) is 11.1 Å². The second-order valence-corrected chi connectivity index (χ2v) is 10.6. The van der Waals surface area contributed by atoms with E-state index in [1.807, 2.05) is 36.4 Å². The van der Waals surface area contributed by atoms with Crippen LogP contribution in [0.15, 0.2) is 78.9 Å². The Morgan fingerprint density at radius 3 is 2.35 bits per heavy atom. The van der Waals surface area contributed by atoms with Gasteiger partial charge in [-0.15, -0.1) is 0 Å². The number of benzene rings is 3. The number of hydrogen-bond acceptors (Lipinski definition) is 3. The summed E-state index contributed by atoms with van der Waals surface area (Å²) in [5.41, 5.74) is 4.40. The highest BCUT2D eigenvalue weighted by Gasteiger charge is 2.13.